The summed E-state index contributed by atoms with van der Waals surface area (Å²) >= 11 is 0. The second-order valence-corrected chi connectivity index (χ2v) is 11.3. The predicted molar refractivity (Wildman–Crippen MR) is 144 cm³/mol. The van der Waals surface area contributed by atoms with E-state index in [0.717, 1.165) is 12.8 Å². The summed E-state index contributed by atoms with van der Waals surface area (Å²) < 4.78 is 22.5. The first kappa shape index (κ1) is 30.6. The van der Waals surface area contributed by atoms with Gasteiger partial charge in [0, 0.05) is 12.1 Å². The number of primary sulfonamides is 1. The van der Waals surface area contributed by atoms with Crippen molar-refractivity contribution >= 4 is 21.6 Å². The van der Waals surface area contributed by atoms with Crippen LogP contribution in [0.2, 0.25) is 0 Å². The van der Waals surface area contributed by atoms with Gasteiger partial charge in [-0.2, -0.15) is 0 Å². The molecule has 1 amide bonds. The van der Waals surface area contributed by atoms with E-state index in [0.29, 0.717) is 12.1 Å². The third-order valence-electron chi connectivity index (χ3n) is 6.47. The molecule has 196 valence electrons. The van der Waals surface area contributed by atoms with Gasteiger partial charge in [-0.15, -0.1) is 0 Å². The van der Waals surface area contributed by atoms with Crippen LogP contribution in [-0.2, 0) is 14.8 Å². The molecule has 0 bridgehead atoms. The standard InChI is InChI=1S/C28H50N2O3S/c1-2-3-4-5-6-7-8-9-10-11-12-13-14-15-16-17-18-19-20-21-28(31)30-26-22-24-27(25-23-26)34(29,32)33/h22-25H,2-21H2,1H3,(H,30,31)(H2,29,32,33). The molecule has 34 heavy (non-hydrogen) atoms. The van der Waals surface area contributed by atoms with Gasteiger partial charge in [-0.05, 0) is 30.7 Å². The number of sulfonamides is 1. The maximum Gasteiger partial charge on any atom is 0.238 e. The molecule has 0 saturated carbocycles. The molecule has 0 unspecified atom stereocenters. The number of unbranched alkanes of at least 4 members (excludes halogenated alkanes) is 18. The summed E-state index contributed by atoms with van der Waals surface area (Å²) in [5.74, 6) is -0.0321. The fourth-order valence-corrected chi connectivity index (χ4v) is 4.83. The van der Waals surface area contributed by atoms with Crippen LogP contribution in [0.5, 0.6) is 0 Å². The Hall–Kier alpha value is -1.40. The van der Waals surface area contributed by atoms with E-state index in [4.69, 9.17) is 5.14 Å². The minimum Gasteiger partial charge on any atom is -0.326 e. The molecule has 0 radical (unpaired) electrons. The van der Waals surface area contributed by atoms with Crippen LogP contribution in [0.4, 0.5) is 5.69 Å². The van der Waals surface area contributed by atoms with Gasteiger partial charge in [0.2, 0.25) is 15.9 Å². The van der Waals surface area contributed by atoms with Crippen molar-refractivity contribution in [2.75, 3.05) is 5.32 Å². The zero-order valence-corrected chi connectivity index (χ0v) is 22.5. The number of nitrogens with one attached hydrogen (secondary N) is 1. The average molecular weight is 495 g/mol. The molecule has 0 aliphatic carbocycles. The molecule has 1 aromatic carbocycles. The Bertz CT molecular complexity index is 733. The molecule has 0 saturated heterocycles. The van der Waals surface area contributed by atoms with Crippen LogP contribution >= 0.6 is 0 Å². The Kier molecular flexibility index (Phi) is 17.9. The first-order valence-corrected chi connectivity index (χ1v) is 15.4. The molecule has 0 spiro atoms. The van der Waals surface area contributed by atoms with Crippen LogP contribution < -0.4 is 10.5 Å². The molecule has 0 aromatic heterocycles. The Morgan fingerprint density at radius 2 is 1.00 bits per heavy atom. The van der Waals surface area contributed by atoms with Crippen LogP contribution in [0.25, 0.3) is 0 Å². The van der Waals surface area contributed by atoms with E-state index in [1.165, 1.54) is 121 Å². The van der Waals surface area contributed by atoms with Crippen molar-refractivity contribution in [2.45, 2.75) is 140 Å². The van der Waals surface area contributed by atoms with Crippen molar-refractivity contribution in [2.24, 2.45) is 5.14 Å². The Balaban J connectivity index is 1.84. The van der Waals surface area contributed by atoms with E-state index in [-0.39, 0.29) is 10.8 Å². The minimum absolute atomic E-state index is 0.0321. The van der Waals surface area contributed by atoms with Crippen molar-refractivity contribution < 1.29 is 13.2 Å². The number of benzene rings is 1. The van der Waals surface area contributed by atoms with Gasteiger partial charge in [-0.1, -0.05) is 122 Å². The fraction of sp³-hybridized carbons (Fsp3) is 0.750. The molecule has 1 aromatic rings. The van der Waals surface area contributed by atoms with Gasteiger partial charge in [0.1, 0.15) is 0 Å². The summed E-state index contributed by atoms with van der Waals surface area (Å²) in [6.45, 7) is 2.28. The van der Waals surface area contributed by atoms with E-state index in [1.54, 1.807) is 12.1 Å². The van der Waals surface area contributed by atoms with Crippen molar-refractivity contribution in [3.63, 3.8) is 0 Å². The third kappa shape index (κ3) is 17.1. The van der Waals surface area contributed by atoms with Crippen LogP contribution in [0, 0.1) is 0 Å². The molecule has 3 N–H and O–H groups in total. The lowest BCUT2D eigenvalue weighted by molar-refractivity contribution is -0.116. The summed E-state index contributed by atoms with van der Waals surface area (Å²) in [4.78, 5) is 12.1. The zero-order valence-electron chi connectivity index (χ0n) is 21.7. The van der Waals surface area contributed by atoms with E-state index in [1.807, 2.05) is 0 Å². The highest BCUT2D eigenvalue weighted by Gasteiger charge is 2.08. The van der Waals surface area contributed by atoms with Crippen molar-refractivity contribution in [1.29, 1.82) is 0 Å². The zero-order chi connectivity index (χ0) is 24.9. The molecule has 6 heteroatoms. The normalized spacial score (nSPS) is 11.6. The number of nitrogens with two attached hydrogens (primary N) is 1. The van der Waals surface area contributed by atoms with Crippen molar-refractivity contribution in [1.82, 2.24) is 0 Å². The van der Waals surface area contributed by atoms with Gasteiger partial charge in [0.25, 0.3) is 0 Å². The summed E-state index contributed by atoms with van der Waals surface area (Å²) in [5.41, 5.74) is 0.593. The Morgan fingerprint density at radius 3 is 1.35 bits per heavy atom. The number of amides is 1. The van der Waals surface area contributed by atoms with Gasteiger partial charge in [0.05, 0.1) is 4.90 Å². The summed E-state index contributed by atoms with van der Waals surface area (Å²) in [6.07, 6.45) is 25.9. The topological polar surface area (TPSA) is 89.3 Å². The molecular formula is C28H50N2O3S. The third-order valence-corrected chi connectivity index (χ3v) is 7.40. The van der Waals surface area contributed by atoms with Crippen LogP contribution in [0.1, 0.15) is 135 Å². The van der Waals surface area contributed by atoms with Crippen LogP contribution in [0.15, 0.2) is 29.2 Å². The Morgan fingerprint density at radius 1 is 0.647 bits per heavy atom. The van der Waals surface area contributed by atoms with E-state index >= 15 is 0 Å². The molecule has 1 rings (SSSR count). The lowest BCUT2D eigenvalue weighted by Gasteiger charge is -2.06. The summed E-state index contributed by atoms with van der Waals surface area (Å²) in [7, 11) is -3.70. The number of hydrogen-bond donors (Lipinski definition) is 2. The van der Waals surface area contributed by atoms with E-state index in [9.17, 15) is 13.2 Å². The number of hydrogen-bond acceptors (Lipinski definition) is 3. The molecule has 0 aliphatic rings. The van der Waals surface area contributed by atoms with E-state index < -0.39 is 10.0 Å². The molecule has 0 fully saturated rings. The van der Waals surface area contributed by atoms with Crippen LogP contribution in [-0.4, -0.2) is 14.3 Å². The average Bonchev–Trinajstić information content (AvgIpc) is 2.80. The highest BCUT2D eigenvalue weighted by molar-refractivity contribution is 7.89. The van der Waals surface area contributed by atoms with Crippen LogP contribution in [0.3, 0.4) is 0 Å². The number of rotatable bonds is 22. The monoisotopic (exact) mass is 494 g/mol. The van der Waals surface area contributed by atoms with Crippen molar-refractivity contribution in [3.05, 3.63) is 24.3 Å². The maximum atomic E-state index is 12.0. The summed E-state index contributed by atoms with van der Waals surface area (Å²) in [6, 6.07) is 5.94. The number of carbonyl (C=O) groups excluding carboxylic acids is 1. The highest BCUT2D eigenvalue weighted by atomic mass is 32.2. The Labute approximate surface area is 209 Å². The molecule has 5 nitrogen and oxygen atoms in total. The second kappa shape index (κ2) is 19.9. The number of anilines is 1. The number of carbonyl (C=O) groups is 1. The quantitative estimate of drug-likeness (QED) is 0.160. The first-order chi connectivity index (χ1) is 16.4. The molecule has 0 heterocycles. The van der Waals surface area contributed by atoms with Gasteiger partial charge < -0.3 is 5.32 Å². The fourth-order valence-electron chi connectivity index (χ4n) is 4.32. The SMILES string of the molecule is CCCCCCCCCCCCCCCCCCCCCC(=O)Nc1ccc(S(N)(=O)=O)cc1. The van der Waals surface area contributed by atoms with Gasteiger partial charge in [-0.3, -0.25) is 4.79 Å². The highest BCUT2D eigenvalue weighted by Crippen LogP contribution is 2.16. The lowest BCUT2D eigenvalue weighted by Crippen LogP contribution is -2.13. The minimum atomic E-state index is -3.70. The predicted octanol–water partition coefficient (Wildman–Crippen LogP) is 8.09. The van der Waals surface area contributed by atoms with Crippen molar-refractivity contribution in [3.8, 4) is 0 Å². The van der Waals surface area contributed by atoms with Gasteiger partial charge in [-0.25, -0.2) is 13.6 Å². The first-order valence-electron chi connectivity index (χ1n) is 13.9. The van der Waals surface area contributed by atoms with Gasteiger partial charge in [0.15, 0.2) is 0 Å². The molecule has 0 atom stereocenters. The molecular weight excluding hydrogens is 444 g/mol. The van der Waals surface area contributed by atoms with E-state index in [2.05, 4.69) is 12.2 Å². The summed E-state index contributed by atoms with van der Waals surface area (Å²) in [5, 5.41) is 7.88. The second-order valence-electron chi connectivity index (χ2n) is 9.73. The maximum absolute atomic E-state index is 12.0. The lowest BCUT2D eigenvalue weighted by atomic mass is 10.0. The molecule has 0 aliphatic heterocycles. The van der Waals surface area contributed by atoms with Gasteiger partial charge >= 0.3 is 0 Å². The largest absolute Gasteiger partial charge is 0.326 e. The smallest absolute Gasteiger partial charge is 0.238 e.